The van der Waals surface area contributed by atoms with Gasteiger partial charge in [0.2, 0.25) is 34.1 Å². The number of halogens is 4. The number of amides is 2. The molecule has 5 fully saturated rings. The second-order valence-corrected chi connectivity index (χ2v) is 22.3. The molecule has 0 radical (unpaired) electrons. The number of sulfonamides is 1. The Morgan fingerprint density at radius 2 is 1.76 bits per heavy atom. The predicted molar refractivity (Wildman–Crippen MR) is 214 cm³/mol. The summed E-state index contributed by atoms with van der Waals surface area (Å²) in [5.41, 5.74) is -3.42. The van der Waals surface area contributed by atoms with E-state index in [1.54, 1.807) is 20.8 Å². The van der Waals surface area contributed by atoms with E-state index >= 15 is 8.78 Å². The first-order valence-electron chi connectivity index (χ1n) is 21.6. The number of benzene rings is 1. The number of esters is 1. The number of nitriles is 1. The first kappa shape index (κ1) is 44.2. The maximum atomic E-state index is 16.5. The van der Waals surface area contributed by atoms with Crippen LogP contribution < -0.4 is 9.46 Å². The average molecular weight is 888 g/mol. The fourth-order valence-electron chi connectivity index (χ4n) is 10.3. The number of Topliss-reactive ketones (excluding diaryl/α,β-unsaturated/α-hetero) is 1. The van der Waals surface area contributed by atoms with Crippen LogP contribution in [0.4, 0.5) is 17.6 Å². The monoisotopic (exact) mass is 887 g/mol. The van der Waals surface area contributed by atoms with Crippen LogP contribution in [-0.2, 0) is 39.9 Å². The molecule has 10 atom stereocenters. The molecule has 2 aromatic rings. The van der Waals surface area contributed by atoms with Crippen molar-refractivity contribution in [3.05, 3.63) is 29.5 Å². The molecule has 1 saturated heterocycles. The maximum Gasteiger partial charge on any atom is 0.306 e. The van der Waals surface area contributed by atoms with Crippen molar-refractivity contribution in [1.29, 1.82) is 5.26 Å². The van der Waals surface area contributed by atoms with E-state index in [2.05, 4.69) is 9.97 Å². The van der Waals surface area contributed by atoms with Gasteiger partial charge in [-0.1, -0.05) is 34.1 Å². The number of nitrogens with zero attached hydrogens (tertiary/aromatic N) is 4. The molecule has 3 heterocycles. The summed E-state index contributed by atoms with van der Waals surface area (Å²) in [5, 5.41) is 9.57. The SMILES string of the molecule is C[C@@H]1[C@@H]2CN(C(=O)[C@H](C(C)(C)C)CC(=O)O[C@@H]3C[C@@H]4C[C@@H]4[C@H]3CCCCC(F)(F)c3nc4ccc(C#N)cc4nc3O2)[C@@H]1C(=O)C[C@]1(C(=O)NS(=O)(=O)C2(C)CC2)C[C@H]1C(F)F. The highest BCUT2D eigenvalue weighted by Crippen LogP contribution is 2.60. The highest BCUT2D eigenvalue weighted by atomic mass is 32.2. The third-order valence-corrected chi connectivity index (χ3v) is 17.0. The van der Waals surface area contributed by atoms with Crippen LogP contribution in [0.25, 0.3) is 11.0 Å². The van der Waals surface area contributed by atoms with Gasteiger partial charge in [-0.25, -0.2) is 27.2 Å². The van der Waals surface area contributed by atoms with Gasteiger partial charge in [0.15, 0.2) is 11.5 Å². The fraction of sp³-hybridized carbons (Fsp3) is 0.705. The molecule has 1 aromatic carbocycles. The number of hydrogen-bond acceptors (Lipinski definition) is 11. The molecular formula is C44H53F4N5O8S. The molecule has 0 spiro atoms. The van der Waals surface area contributed by atoms with E-state index in [0.717, 1.165) is 6.42 Å². The lowest BCUT2D eigenvalue weighted by Crippen LogP contribution is -2.50. The van der Waals surface area contributed by atoms with E-state index < -0.39 is 128 Å². The second-order valence-electron chi connectivity index (χ2n) is 20.1. The lowest BCUT2D eigenvalue weighted by atomic mass is 9.77. The Kier molecular flexibility index (Phi) is 11.0. The molecule has 1 N–H and O–H groups in total. The van der Waals surface area contributed by atoms with Crippen LogP contribution >= 0.6 is 0 Å². The normalized spacial score (nSPS) is 34.1. The van der Waals surface area contributed by atoms with Crippen molar-refractivity contribution in [2.45, 2.75) is 141 Å². The Bertz CT molecular complexity index is 2350. The molecular weight excluding hydrogens is 835 g/mol. The zero-order valence-electron chi connectivity index (χ0n) is 35.5. The Morgan fingerprint density at radius 3 is 2.40 bits per heavy atom. The average Bonchev–Trinajstić information content (AvgIpc) is 4.15. The highest BCUT2D eigenvalue weighted by molar-refractivity contribution is 7.91. The molecule has 1 aromatic heterocycles. The smallest absolute Gasteiger partial charge is 0.306 e. The van der Waals surface area contributed by atoms with Gasteiger partial charge in [-0.15, -0.1) is 0 Å². The zero-order valence-corrected chi connectivity index (χ0v) is 36.3. The summed E-state index contributed by atoms with van der Waals surface area (Å²) in [7, 11) is -4.28. The van der Waals surface area contributed by atoms with Gasteiger partial charge in [0.05, 0.1) is 57.8 Å². The molecule has 8 rings (SSSR count). The van der Waals surface area contributed by atoms with Crippen molar-refractivity contribution in [2.24, 2.45) is 46.3 Å². The molecule has 4 aliphatic carbocycles. The number of hydrogen-bond donors (Lipinski definition) is 1. The number of nitrogens with one attached hydrogen (secondary N) is 1. The summed E-state index contributed by atoms with van der Waals surface area (Å²) in [6, 6.07) is 4.71. The van der Waals surface area contributed by atoms with E-state index in [-0.39, 0.29) is 54.7 Å². The molecule has 4 saturated carbocycles. The van der Waals surface area contributed by atoms with Crippen molar-refractivity contribution in [1.82, 2.24) is 19.6 Å². The van der Waals surface area contributed by atoms with E-state index in [1.807, 2.05) is 10.8 Å². The van der Waals surface area contributed by atoms with Crippen LogP contribution in [0.3, 0.4) is 0 Å². The van der Waals surface area contributed by atoms with Gasteiger partial charge in [-0.2, -0.15) is 14.0 Å². The summed E-state index contributed by atoms with van der Waals surface area (Å²) in [6.45, 7) is 7.81. The molecule has 2 aliphatic heterocycles. The number of rotatable bonds is 7. The van der Waals surface area contributed by atoms with Crippen molar-refractivity contribution in [3.8, 4) is 11.9 Å². The Morgan fingerprint density at radius 1 is 1.03 bits per heavy atom. The van der Waals surface area contributed by atoms with Crippen LogP contribution in [0.1, 0.15) is 117 Å². The summed E-state index contributed by atoms with van der Waals surface area (Å²) in [4.78, 5) is 67.1. The van der Waals surface area contributed by atoms with Crippen LogP contribution in [0, 0.1) is 57.7 Å². The topological polar surface area (TPSA) is 186 Å². The summed E-state index contributed by atoms with van der Waals surface area (Å²) in [5.74, 6) is -10.6. The Balaban J connectivity index is 1.18. The maximum absolute atomic E-state index is 16.5. The molecule has 2 amide bonds. The minimum atomic E-state index is -4.28. The van der Waals surface area contributed by atoms with Crippen LogP contribution in [-0.4, -0.2) is 82.8 Å². The number of carbonyl (C=O) groups excluding carboxylic acids is 4. The molecule has 6 aliphatic rings. The quantitative estimate of drug-likeness (QED) is 0.233. The Labute approximate surface area is 358 Å². The first-order chi connectivity index (χ1) is 29.0. The van der Waals surface area contributed by atoms with Gasteiger partial charge in [0, 0.05) is 24.7 Å². The molecule has 0 unspecified atom stereocenters. The summed E-state index contributed by atoms with van der Waals surface area (Å²) < 4.78 is 101. The number of aromatic nitrogens is 2. The molecule has 18 heteroatoms. The highest BCUT2D eigenvalue weighted by Gasteiger charge is 2.67. The molecule has 336 valence electrons. The molecule has 62 heavy (non-hydrogen) atoms. The minimum absolute atomic E-state index is 0.0257. The second kappa shape index (κ2) is 15.4. The Hall–Kier alpha value is -4.40. The van der Waals surface area contributed by atoms with Gasteiger partial charge < -0.3 is 14.4 Å². The van der Waals surface area contributed by atoms with E-state index in [4.69, 9.17) is 9.47 Å². The van der Waals surface area contributed by atoms with Gasteiger partial charge in [0.1, 0.15) is 12.2 Å². The van der Waals surface area contributed by atoms with E-state index in [0.29, 0.717) is 31.1 Å². The third-order valence-electron chi connectivity index (χ3n) is 14.8. The number of carbonyl (C=O) groups is 4. The number of fused-ring (bicyclic) bond motifs is 7. The van der Waals surface area contributed by atoms with Crippen LogP contribution in [0.2, 0.25) is 0 Å². The fourth-order valence-corrected chi connectivity index (χ4v) is 11.7. The summed E-state index contributed by atoms with van der Waals surface area (Å²) in [6.07, 6.45) is -3.80. The molecule has 13 nitrogen and oxygen atoms in total. The number of ketones is 1. The standard InChI is InChI=1S/C44H53F4N5O8S/c1-22-33-21-53(35(22)31(54)19-43(18-28(43)37(45)46)40(57)52-62(58,59)42(5)12-13-42)39(56)27(41(2,3)4)17-34(55)60-32-16-24-15-26(24)25(32)8-6-7-11-44(47,48)36-38(61-33)51-30-14-23(20-49)9-10-29(30)50-36/h9-10,14,22,24-28,32-33,35,37H,6-8,11-13,15-19,21H2,1-5H3,(H,52,57)/t22-,24+,25-,26+,27-,28+,32-,33+,35+,43-/m1/s1. The van der Waals surface area contributed by atoms with Crippen molar-refractivity contribution in [2.75, 3.05) is 6.54 Å². The lowest BCUT2D eigenvalue weighted by molar-refractivity contribution is -0.158. The van der Waals surface area contributed by atoms with E-state index in [1.165, 1.54) is 36.9 Å². The van der Waals surface area contributed by atoms with Crippen molar-refractivity contribution in [3.63, 3.8) is 0 Å². The van der Waals surface area contributed by atoms with Crippen molar-refractivity contribution < 1.29 is 54.6 Å². The minimum Gasteiger partial charge on any atom is -0.471 e. The van der Waals surface area contributed by atoms with Crippen molar-refractivity contribution >= 4 is 44.6 Å². The van der Waals surface area contributed by atoms with Crippen LogP contribution in [0.5, 0.6) is 5.88 Å². The summed E-state index contributed by atoms with van der Waals surface area (Å²) >= 11 is 0. The first-order valence-corrected chi connectivity index (χ1v) is 23.1. The molecule has 2 bridgehead atoms. The number of alkyl halides is 4. The van der Waals surface area contributed by atoms with Gasteiger partial charge >= 0.3 is 5.97 Å². The van der Waals surface area contributed by atoms with Crippen LogP contribution in [0.15, 0.2) is 18.2 Å². The van der Waals surface area contributed by atoms with E-state index in [9.17, 15) is 41.6 Å². The largest absolute Gasteiger partial charge is 0.471 e. The lowest BCUT2D eigenvalue weighted by Gasteiger charge is -2.35. The predicted octanol–water partition coefficient (Wildman–Crippen LogP) is 6.61. The number of ether oxygens (including phenoxy) is 2. The van der Waals surface area contributed by atoms with Gasteiger partial charge in [-0.3, -0.25) is 23.9 Å². The third kappa shape index (κ3) is 8.04. The van der Waals surface area contributed by atoms with Gasteiger partial charge in [0.25, 0.3) is 5.92 Å². The zero-order chi connectivity index (χ0) is 44.9. The van der Waals surface area contributed by atoms with Gasteiger partial charge in [-0.05, 0) is 93.2 Å².